The molecule has 0 aliphatic heterocycles. The zero-order valence-corrected chi connectivity index (χ0v) is 25.5. The largest absolute Gasteiger partial charge is 0.573 e. The summed E-state index contributed by atoms with van der Waals surface area (Å²) in [7, 11) is 0. The third kappa shape index (κ3) is 12.1. The molecule has 4 aromatic rings. The summed E-state index contributed by atoms with van der Waals surface area (Å²) in [5, 5.41) is 0. The van der Waals surface area contributed by atoms with Gasteiger partial charge in [0, 0.05) is 36.1 Å². The molecular weight excluding hydrogens is 668 g/mol. The van der Waals surface area contributed by atoms with Crippen LogP contribution in [0.5, 0.6) is 23.0 Å². The lowest BCUT2D eigenvalue weighted by Gasteiger charge is -2.10. The highest BCUT2D eigenvalue weighted by molar-refractivity contribution is 5.74. The first kappa shape index (κ1) is 36.7. The van der Waals surface area contributed by atoms with Gasteiger partial charge < -0.3 is 18.9 Å². The van der Waals surface area contributed by atoms with Gasteiger partial charge in [0.05, 0.1) is 0 Å². The van der Waals surface area contributed by atoms with Crippen LogP contribution in [0.3, 0.4) is 0 Å². The normalized spacial score (nSPS) is 11.6. The molecule has 0 bridgehead atoms. The maximum Gasteiger partial charge on any atom is 0.573 e. The molecule has 0 fully saturated rings. The molecule has 0 spiro atoms. The third-order valence-electron chi connectivity index (χ3n) is 6.90. The number of esters is 2. The molecular formula is C35H28F8O6. The highest BCUT2D eigenvalue weighted by atomic mass is 19.4. The van der Waals surface area contributed by atoms with Gasteiger partial charge in [-0.15, -0.1) is 26.3 Å². The van der Waals surface area contributed by atoms with Crippen molar-refractivity contribution in [2.24, 2.45) is 0 Å². The number of rotatable bonds is 14. The summed E-state index contributed by atoms with van der Waals surface area (Å²) in [5.74, 6) is -3.55. The molecule has 4 aromatic carbocycles. The Bertz CT molecular complexity index is 1590. The average molecular weight is 697 g/mol. The van der Waals surface area contributed by atoms with Crippen LogP contribution in [0.4, 0.5) is 35.1 Å². The summed E-state index contributed by atoms with van der Waals surface area (Å²) in [6.45, 7) is 0. The Morgan fingerprint density at radius 2 is 0.796 bits per heavy atom. The van der Waals surface area contributed by atoms with Gasteiger partial charge in [-0.25, -0.2) is 8.78 Å². The van der Waals surface area contributed by atoms with Crippen molar-refractivity contribution in [2.45, 2.75) is 57.7 Å². The zero-order valence-electron chi connectivity index (χ0n) is 25.5. The van der Waals surface area contributed by atoms with Crippen molar-refractivity contribution in [3.05, 3.63) is 96.6 Å². The third-order valence-corrected chi connectivity index (χ3v) is 6.90. The molecule has 0 saturated heterocycles. The quantitative estimate of drug-likeness (QED) is 0.0566. The van der Waals surface area contributed by atoms with Gasteiger partial charge in [-0.3, -0.25) is 9.59 Å². The number of carbonyl (C=O) groups is 2. The summed E-state index contributed by atoms with van der Waals surface area (Å²) in [5.41, 5.74) is 0.792. The van der Waals surface area contributed by atoms with Crippen LogP contribution in [0.1, 0.15) is 44.9 Å². The van der Waals surface area contributed by atoms with E-state index >= 15 is 0 Å². The van der Waals surface area contributed by atoms with Gasteiger partial charge in [0.2, 0.25) is 0 Å². The van der Waals surface area contributed by atoms with E-state index in [9.17, 15) is 44.7 Å². The van der Waals surface area contributed by atoms with E-state index in [1.54, 1.807) is 0 Å². The maximum absolute atomic E-state index is 14.6. The molecule has 0 aliphatic carbocycles. The first-order valence-electron chi connectivity index (χ1n) is 14.9. The lowest BCUT2D eigenvalue weighted by molar-refractivity contribution is -0.275. The van der Waals surface area contributed by atoms with E-state index in [-0.39, 0.29) is 35.5 Å². The number of unbranched alkanes of at least 4 members (excludes halogenated alkanes) is 4. The van der Waals surface area contributed by atoms with Gasteiger partial charge in [0.15, 0.2) is 0 Å². The van der Waals surface area contributed by atoms with Crippen molar-refractivity contribution in [1.29, 1.82) is 0 Å². The summed E-state index contributed by atoms with van der Waals surface area (Å²) >= 11 is 0. The smallest absolute Gasteiger partial charge is 0.426 e. The number of hydrogen-bond donors (Lipinski definition) is 0. The standard InChI is InChI=1S/C35H28F8O6/c36-30-20-26(16-18-28(30)22-8-12-24(13-9-22)48-34(38,39)40)46-32(44)6-4-2-1-3-5-7-33(45)47-27-17-19-29(31(37)21-27)23-10-14-25(15-11-23)49-35(41,42)43/h8-21H,1-7H2. The van der Waals surface area contributed by atoms with Crippen LogP contribution in [0.25, 0.3) is 22.3 Å². The first-order valence-corrected chi connectivity index (χ1v) is 14.9. The van der Waals surface area contributed by atoms with E-state index in [2.05, 4.69) is 9.47 Å². The monoisotopic (exact) mass is 696 g/mol. The Balaban J connectivity index is 1.11. The van der Waals surface area contributed by atoms with Crippen molar-refractivity contribution in [2.75, 3.05) is 0 Å². The van der Waals surface area contributed by atoms with Crippen LogP contribution >= 0.6 is 0 Å². The molecule has 0 aliphatic rings. The second kappa shape index (κ2) is 16.3. The van der Waals surface area contributed by atoms with Crippen molar-refractivity contribution in [3.63, 3.8) is 0 Å². The fraction of sp³-hybridized carbons (Fsp3) is 0.257. The Morgan fingerprint density at radius 1 is 0.469 bits per heavy atom. The van der Waals surface area contributed by atoms with Crippen LogP contribution in [0.2, 0.25) is 0 Å². The number of alkyl halides is 6. The number of hydrogen-bond acceptors (Lipinski definition) is 6. The molecule has 4 rings (SSSR count). The van der Waals surface area contributed by atoms with E-state index in [0.717, 1.165) is 36.4 Å². The minimum atomic E-state index is -4.85. The van der Waals surface area contributed by atoms with Crippen molar-refractivity contribution < 1.29 is 63.7 Å². The number of benzene rings is 4. The Kier molecular flexibility index (Phi) is 12.2. The topological polar surface area (TPSA) is 71.1 Å². The second-order valence-corrected chi connectivity index (χ2v) is 10.6. The molecule has 0 amide bonds. The molecule has 6 nitrogen and oxygen atoms in total. The van der Waals surface area contributed by atoms with Gasteiger partial charge >= 0.3 is 24.7 Å². The second-order valence-electron chi connectivity index (χ2n) is 10.6. The molecule has 0 saturated carbocycles. The van der Waals surface area contributed by atoms with Crippen molar-refractivity contribution in [3.8, 4) is 45.3 Å². The number of halogens is 8. The summed E-state index contributed by atoms with van der Waals surface area (Å²) in [6, 6.07) is 16.8. The van der Waals surface area contributed by atoms with E-state index in [1.807, 2.05) is 0 Å². The molecule has 0 N–H and O–H groups in total. The Morgan fingerprint density at radius 3 is 1.12 bits per heavy atom. The Labute approximate surface area is 275 Å². The summed E-state index contributed by atoms with van der Waals surface area (Å²) in [6.07, 6.45) is -6.57. The highest BCUT2D eigenvalue weighted by Gasteiger charge is 2.31. The minimum absolute atomic E-state index is 0.0232. The maximum atomic E-state index is 14.6. The SMILES string of the molecule is O=C(CCCCCCCC(=O)Oc1ccc(-c2ccc(OC(F)(F)F)cc2)c(F)c1)Oc1ccc(-c2ccc(OC(F)(F)F)cc2)c(F)c1. The molecule has 0 unspecified atom stereocenters. The molecule has 49 heavy (non-hydrogen) atoms. The van der Waals surface area contributed by atoms with E-state index in [1.165, 1.54) is 48.5 Å². The molecule has 0 atom stereocenters. The lowest BCUT2D eigenvalue weighted by Crippen LogP contribution is -2.16. The number of carbonyl (C=O) groups excluding carboxylic acids is 2. The predicted molar refractivity (Wildman–Crippen MR) is 161 cm³/mol. The van der Waals surface area contributed by atoms with Crippen LogP contribution < -0.4 is 18.9 Å². The Hall–Kier alpha value is -5.14. The van der Waals surface area contributed by atoms with Crippen molar-refractivity contribution >= 4 is 11.9 Å². The van der Waals surface area contributed by atoms with Gasteiger partial charge in [-0.05, 0) is 72.5 Å². The van der Waals surface area contributed by atoms with Gasteiger partial charge in [0.1, 0.15) is 34.6 Å². The van der Waals surface area contributed by atoms with Crippen LogP contribution in [0.15, 0.2) is 84.9 Å². The lowest BCUT2D eigenvalue weighted by atomic mass is 10.0. The van der Waals surface area contributed by atoms with Crippen molar-refractivity contribution in [1.82, 2.24) is 0 Å². The van der Waals surface area contributed by atoms with Gasteiger partial charge in [-0.2, -0.15) is 0 Å². The minimum Gasteiger partial charge on any atom is -0.426 e. The van der Waals surface area contributed by atoms with Crippen LogP contribution in [0, 0.1) is 11.6 Å². The first-order chi connectivity index (χ1) is 23.1. The molecule has 0 aromatic heterocycles. The summed E-state index contributed by atoms with van der Waals surface area (Å²) < 4.78 is 121. The molecule has 0 heterocycles. The zero-order chi connectivity index (χ0) is 35.6. The molecule has 0 radical (unpaired) electrons. The summed E-state index contributed by atoms with van der Waals surface area (Å²) in [4.78, 5) is 24.4. The van der Waals surface area contributed by atoms with E-state index in [0.29, 0.717) is 43.2 Å². The van der Waals surface area contributed by atoms with E-state index < -0.39 is 47.8 Å². The fourth-order valence-electron chi connectivity index (χ4n) is 4.69. The van der Waals surface area contributed by atoms with Gasteiger partial charge in [0.25, 0.3) is 0 Å². The van der Waals surface area contributed by atoms with Gasteiger partial charge in [-0.1, -0.05) is 43.5 Å². The average Bonchev–Trinajstić information content (AvgIpc) is 3.00. The predicted octanol–water partition coefficient (Wildman–Crippen LogP) is 10.3. The van der Waals surface area contributed by atoms with Crippen LogP contribution in [-0.2, 0) is 9.59 Å². The molecule has 260 valence electrons. The fourth-order valence-corrected chi connectivity index (χ4v) is 4.69. The number of ether oxygens (including phenoxy) is 4. The van der Waals surface area contributed by atoms with Crippen LogP contribution in [-0.4, -0.2) is 24.7 Å². The van der Waals surface area contributed by atoms with E-state index in [4.69, 9.17) is 9.47 Å². The highest BCUT2D eigenvalue weighted by Crippen LogP contribution is 2.31. The molecule has 14 heteroatoms.